The molecule has 0 aliphatic carbocycles. The van der Waals surface area contributed by atoms with Crippen molar-refractivity contribution in [1.29, 1.82) is 0 Å². The summed E-state index contributed by atoms with van der Waals surface area (Å²) in [6, 6.07) is 8.02. The number of nitrogens with zero attached hydrogens (tertiary/aromatic N) is 3. The van der Waals surface area contributed by atoms with Gasteiger partial charge < -0.3 is 10.2 Å². The second kappa shape index (κ2) is 7.38. The number of halogens is 1. The molecule has 0 saturated heterocycles. The van der Waals surface area contributed by atoms with Gasteiger partial charge in [0.25, 0.3) is 0 Å². The van der Waals surface area contributed by atoms with Gasteiger partial charge in [0, 0.05) is 24.8 Å². The molecule has 0 aliphatic rings. The second-order valence-corrected chi connectivity index (χ2v) is 5.36. The Kier molecular flexibility index (Phi) is 5.53. The van der Waals surface area contributed by atoms with Gasteiger partial charge in [-0.15, -0.1) is 0 Å². The van der Waals surface area contributed by atoms with Crippen molar-refractivity contribution < 1.29 is 0 Å². The number of rotatable bonds is 6. The Morgan fingerprint density at radius 3 is 2.76 bits per heavy atom. The van der Waals surface area contributed by atoms with Crippen molar-refractivity contribution in [2.75, 3.05) is 18.5 Å². The smallest absolute Gasteiger partial charge is 0.147 e. The molecule has 2 aromatic rings. The fourth-order valence-corrected chi connectivity index (χ4v) is 2.42. The first-order chi connectivity index (χ1) is 10.1. The maximum Gasteiger partial charge on any atom is 0.147 e. The molecule has 0 fully saturated rings. The van der Waals surface area contributed by atoms with Crippen LogP contribution in [0.2, 0.25) is 5.02 Å². The summed E-state index contributed by atoms with van der Waals surface area (Å²) in [5, 5.41) is 4.03. The third kappa shape index (κ3) is 3.93. The van der Waals surface area contributed by atoms with Gasteiger partial charge >= 0.3 is 0 Å². The van der Waals surface area contributed by atoms with E-state index < -0.39 is 0 Å². The molecule has 0 saturated carbocycles. The molecule has 1 aromatic heterocycles. The fraction of sp³-hybridized carbons (Fsp3) is 0.375. The molecule has 1 unspecified atom stereocenters. The molecule has 21 heavy (non-hydrogen) atoms. The maximum atomic E-state index is 6.28. The summed E-state index contributed by atoms with van der Waals surface area (Å²) in [5.41, 5.74) is 2.02. The predicted octanol–water partition coefficient (Wildman–Crippen LogP) is 3.44. The summed E-state index contributed by atoms with van der Waals surface area (Å²) in [6.45, 7) is 5.83. The highest BCUT2D eigenvalue weighted by Crippen LogP contribution is 2.28. The summed E-state index contributed by atoms with van der Waals surface area (Å²) < 4.78 is 0. The van der Waals surface area contributed by atoms with Crippen LogP contribution in [0.3, 0.4) is 0 Å². The number of hydrogen-bond donors (Lipinski definition) is 1. The summed E-state index contributed by atoms with van der Waals surface area (Å²) >= 11 is 6.28. The molecule has 5 heteroatoms. The number of hydrogen-bond acceptors (Lipinski definition) is 4. The Bertz CT molecular complexity index is 588. The van der Waals surface area contributed by atoms with E-state index in [-0.39, 0.29) is 6.04 Å². The highest BCUT2D eigenvalue weighted by atomic mass is 35.5. The molecule has 0 amide bonds. The number of benzene rings is 1. The minimum absolute atomic E-state index is 0.127. The van der Waals surface area contributed by atoms with Crippen LogP contribution < -0.4 is 10.2 Å². The number of nitrogens with one attached hydrogen (secondary N) is 1. The van der Waals surface area contributed by atoms with E-state index in [4.69, 9.17) is 11.6 Å². The second-order valence-electron chi connectivity index (χ2n) is 4.96. The van der Waals surface area contributed by atoms with Crippen molar-refractivity contribution in [3.8, 4) is 0 Å². The van der Waals surface area contributed by atoms with Gasteiger partial charge in [0.05, 0.1) is 17.9 Å². The van der Waals surface area contributed by atoms with Crippen molar-refractivity contribution in [3.63, 3.8) is 0 Å². The van der Waals surface area contributed by atoms with Crippen LogP contribution in [0.25, 0.3) is 0 Å². The molecular formula is C16H21ClN4. The van der Waals surface area contributed by atoms with Crippen LogP contribution in [-0.4, -0.2) is 23.6 Å². The SMILES string of the molecule is CCNCc1cncc(N(C)C(C)c2ccccc2Cl)n1. The highest BCUT2D eigenvalue weighted by molar-refractivity contribution is 6.31. The Balaban J connectivity index is 2.19. The zero-order valence-electron chi connectivity index (χ0n) is 12.7. The molecule has 0 spiro atoms. The monoisotopic (exact) mass is 304 g/mol. The van der Waals surface area contributed by atoms with Crippen LogP contribution in [0, 0.1) is 0 Å². The van der Waals surface area contributed by atoms with Crippen molar-refractivity contribution in [2.24, 2.45) is 0 Å². The van der Waals surface area contributed by atoms with Gasteiger partial charge in [-0.1, -0.05) is 36.7 Å². The zero-order valence-corrected chi connectivity index (χ0v) is 13.4. The van der Waals surface area contributed by atoms with Crippen molar-refractivity contribution >= 4 is 17.4 Å². The van der Waals surface area contributed by atoms with Crippen LogP contribution in [0.1, 0.15) is 31.1 Å². The topological polar surface area (TPSA) is 41.1 Å². The molecule has 0 bridgehead atoms. The number of aromatic nitrogens is 2. The highest BCUT2D eigenvalue weighted by Gasteiger charge is 2.16. The third-order valence-electron chi connectivity index (χ3n) is 3.53. The Hall–Kier alpha value is -1.65. The van der Waals surface area contributed by atoms with Crippen molar-refractivity contribution in [2.45, 2.75) is 26.4 Å². The predicted molar refractivity (Wildman–Crippen MR) is 87.7 cm³/mol. The lowest BCUT2D eigenvalue weighted by molar-refractivity contribution is 0.691. The molecule has 1 aromatic carbocycles. The molecule has 1 heterocycles. The largest absolute Gasteiger partial charge is 0.352 e. The average Bonchev–Trinajstić information content (AvgIpc) is 2.52. The third-order valence-corrected chi connectivity index (χ3v) is 3.87. The van der Waals surface area contributed by atoms with Gasteiger partial charge in [-0.05, 0) is 25.1 Å². The van der Waals surface area contributed by atoms with E-state index in [1.807, 2.05) is 31.3 Å². The number of anilines is 1. The van der Waals surface area contributed by atoms with Crippen LogP contribution >= 0.6 is 11.6 Å². The van der Waals surface area contributed by atoms with Gasteiger partial charge in [0.15, 0.2) is 0 Å². The van der Waals surface area contributed by atoms with E-state index in [2.05, 4.69) is 34.0 Å². The lowest BCUT2D eigenvalue weighted by Gasteiger charge is -2.27. The van der Waals surface area contributed by atoms with Crippen LogP contribution in [0.15, 0.2) is 36.7 Å². The van der Waals surface area contributed by atoms with Crippen LogP contribution in [-0.2, 0) is 6.54 Å². The minimum Gasteiger partial charge on any atom is -0.352 e. The first-order valence-electron chi connectivity index (χ1n) is 7.12. The Labute approximate surface area is 131 Å². The lowest BCUT2D eigenvalue weighted by Crippen LogP contribution is -2.24. The normalized spacial score (nSPS) is 12.2. The van der Waals surface area contributed by atoms with E-state index in [0.717, 1.165) is 35.2 Å². The Morgan fingerprint density at radius 2 is 2.05 bits per heavy atom. The standard InChI is InChI=1S/C16H21ClN4/c1-4-18-9-13-10-19-11-16(20-13)21(3)12(2)14-7-5-6-8-15(14)17/h5-8,10-12,18H,4,9H2,1-3H3. The summed E-state index contributed by atoms with van der Waals surface area (Å²) in [6.07, 6.45) is 3.57. The minimum atomic E-state index is 0.127. The van der Waals surface area contributed by atoms with Crippen molar-refractivity contribution in [3.05, 3.63) is 52.9 Å². The fourth-order valence-electron chi connectivity index (χ4n) is 2.12. The average molecular weight is 305 g/mol. The molecule has 4 nitrogen and oxygen atoms in total. The summed E-state index contributed by atoms with van der Waals surface area (Å²) in [7, 11) is 2.01. The first kappa shape index (κ1) is 15.7. The van der Waals surface area contributed by atoms with Gasteiger partial charge in [-0.2, -0.15) is 0 Å². The molecule has 0 radical (unpaired) electrons. The zero-order chi connectivity index (χ0) is 15.2. The Morgan fingerprint density at radius 1 is 1.29 bits per heavy atom. The van der Waals surface area contributed by atoms with E-state index in [9.17, 15) is 0 Å². The van der Waals surface area contributed by atoms with Crippen molar-refractivity contribution in [1.82, 2.24) is 15.3 Å². The van der Waals surface area contributed by atoms with E-state index in [1.54, 1.807) is 12.4 Å². The molecule has 2 rings (SSSR count). The summed E-state index contributed by atoms with van der Waals surface area (Å²) in [5.74, 6) is 0.845. The van der Waals surface area contributed by atoms with Gasteiger partial charge in [0.1, 0.15) is 5.82 Å². The van der Waals surface area contributed by atoms with Crippen LogP contribution in [0.4, 0.5) is 5.82 Å². The molecule has 1 atom stereocenters. The van der Waals surface area contributed by atoms with E-state index in [0.29, 0.717) is 0 Å². The maximum absolute atomic E-state index is 6.28. The molecule has 0 aliphatic heterocycles. The first-order valence-corrected chi connectivity index (χ1v) is 7.50. The van der Waals surface area contributed by atoms with Crippen LogP contribution in [0.5, 0.6) is 0 Å². The van der Waals surface area contributed by atoms with Gasteiger partial charge in [0.2, 0.25) is 0 Å². The quantitative estimate of drug-likeness (QED) is 0.887. The van der Waals surface area contributed by atoms with Gasteiger partial charge in [-0.3, -0.25) is 4.98 Å². The van der Waals surface area contributed by atoms with Gasteiger partial charge in [-0.25, -0.2) is 4.98 Å². The van der Waals surface area contributed by atoms with E-state index >= 15 is 0 Å². The molecule has 112 valence electrons. The summed E-state index contributed by atoms with van der Waals surface area (Å²) in [4.78, 5) is 11.0. The molecular weight excluding hydrogens is 284 g/mol. The lowest BCUT2D eigenvalue weighted by atomic mass is 10.1. The van der Waals surface area contributed by atoms with E-state index in [1.165, 1.54) is 0 Å². The molecule has 1 N–H and O–H groups in total.